The zero-order chi connectivity index (χ0) is 13.8. The molecule has 2 heterocycles. The Balaban J connectivity index is 1.72. The fraction of sp³-hybridized carbons (Fsp3) is 0.643. The molecule has 2 atom stereocenters. The van der Waals surface area contributed by atoms with E-state index >= 15 is 0 Å². The Hall–Kier alpha value is -0.390. The van der Waals surface area contributed by atoms with Crippen LogP contribution in [0.1, 0.15) is 31.1 Å². The predicted molar refractivity (Wildman–Crippen MR) is 81.3 cm³/mol. The van der Waals surface area contributed by atoms with Crippen molar-refractivity contribution in [2.75, 3.05) is 13.1 Å². The molecule has 0 aliphatic carbocycles. The molecule has 2 rings (SSSR count). The van der Waals surface area contributed by atoms with Crippen LogP contribution >= 0.6 is 27.3 Å². The van der Waals surface area contributed by atoms with E-state index < -0.39 is 0 Å². The van der Waals surface area contributed by atoms with Crippen LogP contribution in [0.2, 0.25) is 0 Å². The highest BCUT2D eigenvalue weighted by Crippen LogP contribution is 2.24. The number of hydrogen-bond donors (Lipinski definition) is 1. The Kier molecular flexibility index (Phi) is 5.42. The summed E-state index contributed by atoms with van der Waals surface area (Å²) >= 11 is 5.18. The number of piperidine rings is 1. The second-order valence-electron chi connectivity index (χ2n) is 5.23. The fourth-order valence-corrected chi connectivity index (χ4v) is 3.94. The number of aliphatic hydroxyl groups excluding tert-OH is 1. The lowest BCUT2D eigenvalue weighted by molar-refractivity contribution is -0.134. The maximum atomic E-state index is 12.1. The maximum absolute atomic E-state index is 12.1. The zero-order valence-corrected chi connectivity index (χ0v) is 13.5. The molecule has 19 heavy (non-hydrogen) atoms. The van der Waals surface area contributed by atoms with Crippen LogP contribution in [0.5, 0.6) is 0 Å². The summed E-state index contributed by atoms with van der Waals surface area (Å²) in [5.74, 6) is 0.431. The number of nitrogens with zero attached hydrogens (tertiary/aromatic N) is 1. The molecule has 106 valence electrons. The highest BCUT2D eigenvalue weighted by atomic mass is 79.9. The summed E-state index contributed by atoms with van der Waals surface area (Å²) in [4.78, 5) is 15.3. The van der Waals surface area contributed by atoms with Crippen LogP contribution < -0.4 is 0 Å². The average Bonchev–Trinajstić information content (AvgIpc) is 2.78. The van der Waals surface area contributed by atoms with Gasteiger partial charge in [-0.3, -0.25) is 4.79 Å². The number of likely N-dealkylation sites (tertiary alicyclic amines) is 1. The molecule has 0 bridgehead atoms. The Labute approximate surface area is 126 Å². The van der Waals surface area contributed by atoms with E-state index in [0.29, 0.717) is 25.9 Å². The number of hydrogen-bond acceptors (Lipinski definition) is 3. The van der Waals surface area contributed by atoms with Gasteiger partial charge in [0.2, 0.25) is 5.91 Å². The Morgan fingerprint density at radius 1 is 1.58 bits per heavy atom. The molecule has 1 fully saturated rings. The molecule has 1 aliphatic heterocycles. The van der Waals surface area contributed by atoms with E-state index in [4.69, 9.17) is 0 Å². The average molecular weight is 346 g/mol. The third-order valence-electron chi connectivity index (χ3n) is 3.66. The summed E-state index contributed by atoms with van der Waals surface area (Å²) in [7, 11) is 0. The van der Waals surface area contributed by atoms with Gasteiger partial charge in [0.1, 0.15) is 0 Å². The molecule has 5 heteroatoms. The van der Waals surface area contributed by atoms with Crippen molar-refractivity contribution in [1.82, 2.24) is 4.90 Å². The molecule has 0 aromatic carbocycles. The van der Waals surface area contributed by atoms with Crippen LogP contribution in [0.3, 0.4) is 0 Å². The number of aryl methyl sites for hydroxylation is 1. The third kappa shape index (κ3) is 4.29. The maximum Gasteiger partial charge on any atom is 0.222 e. The summed E-state index contributed by atoms with van der Waals surface area (Å²) < 4.78 is 1.15. The van der Waals surface area contributed by atoms with Gasteiger partial charge in [-0.25, -0.2) is 0 Å². The lowest BCUT2D eigenvalue weighted by Gasteiger charge is -2.34. The summed E-state index contributed by atoms with van der Waals surface area (Å²) in [6, 6.07) is 4.16. The number of carbonyl (C=O) groups excluding carboxylic acids is 1. The van der Waals surface area contributed by atoms with Gasteiger partial charge in [0, 0.05) is 24.4 Å². The fourth-order valence-electron chi connectivity index (χ4n) is 2.42. The highest BCUT2D eigenvalue weighted by Gasteiger charge is 2.26. The van der Waals surface area contributed by atoms with E-state index in [1.807, 2.05) is 11.8 Å². The molecule has 0 saturated carbocycles. The molecule has 1 N–H and O–H groups in total. The van der Waals surface area contributed by atoms with Crippen molar-refractivity contribution in [3.05, 3.63) is 20.8 Å². The Bertz CT molecular complexity index is 435. The first-order valence-corrected chi connectivity index (χ1v) is 8.37. The Morgan fingerprint density at radius 3 is 3.00 bits per heavy atom. The summed E-state index contributed by atoms with van der Waals surface area (Å²) in [5.41, 5.74) is 0. The van der Waals surface area contributed by atoms with Crippen molar-refractivity contribution in [3.63, 3.8) is 0 Å². The highest BCUT2D eigenvalue weighted by molar-refractivity contribution is 9.11. The van der Waals surface area contributed by atoms with Crippen LogP contribution in [0, 0.1) is 5.92 Å². The van der Waals surface area contributed by atoms with Gasteiger partial charge in [-0.2, -0.15) is 0 Å². The first-order valence-electron chi connectivity index (χ1n) is 6.76. The summed E-state index contributed by atoms with van der Waals surface area (Å²) in [6.45, 7) is 3.41. The molecule has 0 spiro atoms. The van der Waals surface area contributed by atoms with Crippen molar-refractivity contribution < 1.29 is 9.90 Å². The van der Waals surface area contributed by atoms with E-state index in [1.54, 1.807) is 11.3 Å². The van der Waals surface area contributed by atoms with Crippen LogP contribution in [0.4, 0.5) is 0 Å². The minimum atomic E-state index is -0.243. The smallest absolute Gasteiger partial charge is 0.222 e. The number of carbonyl (C=O) groups is 1. The molecular weight excluding hydrogens is 326 g/mol. The largest absolute Gasteiger partial charge is 0.393 e. The summed E-state index contributed by atoms with van der Waals surface area (Å²) in [6.07, 6.45) is 2.95. The number of rotatable bonds is 4. The number of halogens is 1. The van der Waals surface area contributed by atoms with Gasteiger partial charge in [0.15, 0.2) is 0 Å². The first-order chi connectivity index (χ1) is 9.06. The van der Waals surface area contributed by atoms with E-state index in [-0.39, 0.29) is 17.9 Å². The van der Waals surface area contributed by atoms with E-state index in [0.717, 1.165) is 16.6 Å². The molecule has 2 unspecified atom stereocenters. The minimum Gasteiger partial charge on any atom is -0.393 e. The predicted octanol–water partition coefficient (Wildman–Crippen LogP) is 3.06. The second-order valence-corrected chi connectivity index (χ2v) is 7.78. The van der Waals surface area contributed by atoms with Gasteiger partial charge >= 0.3 is 0 Å². The molecule has 1 aromatic heterocycles. The van der Waals surface area contributed by atoms with Crippen molar-refractivity contribution in [2.24, 2.45) is 5.92 Å². The van der Waals surface area contributed by atoms with Crippen LogP contribution in [-0.4, -0.2) is 35.1 Å². The van der Waals surface area contributed by atoms with E-state index in [1.165, 1.54) is 4.88 Å². The summed E-state index contributed by atoms with van der Waals surface area (Å²) in [5, 5.41) is 9.66. The second kappa shape index (κ2) is 6.86. The molecule has 1 saturated heterocycles. The van der Waals surface area contributed by atoms with Gasteiger partial charge in [-0.05, 0) is 53.2 Å². The lowest BCUT2D eigenvalue weighted by atomic mass is 9.96. The van der Waals surface area contributed by atoms with Crippen molar-refractivity contribution in [1.29, 1.82) is 0 Å². The molecule has 1 aliphatic rings. The van der Waals surface area contributed by atoms with Crippen LogP contribution in [0.15, 0.2) is 15.9 Å². The molecule has 1 aromatic rings. The van der Waals surface area contributed by atoms with Gasteiger partial charge in [-0.15, -0.1) is 11.3 Å². The topological polar surface area (TPSA) is 40.5 Å². The van der Waals surface area contributed by atoms with Crippen LogP contribution in [0.25, 0.3) is 0 Å². The van der Waals surface area contributed by atoms with Gasteiger partial charge in [-0.1, -0.05) is 6.92 Å². The molecule has 1 amide bonds. The molecular formula is C14H20BrNO2S. The molecule has 0 radical (unpaired) electrons. The van der Waals surface area contributed by atoms with Crippen molar-refractivity contribution >= 4 is 33.2 Å². The van der Waals surface area contributed by atoms with Gasteiger partial charge < -0.3 is 10.0 Å². The van der Waals surface area contributed by atoms with Gasteiger partial charge in [0.25, 0.3) is 0 Å². The third-order valence-corrected chi connectivity index (χ3v) is 5.34. The van der Waals surface area contributed by atoms with Gasteiger partial charge in [0.05, 0.1) is 9.89 Å². The zero-order valence-electron chi connectivity index (χ0n) is 11.1. The lowest BCUT2D eigenvalue weighted by Crippen LogP contribution is -2.44. The number of amides is 1. The first kappa shape index (κ1) is 15.0. The number of thiophene rings is 1. The van der Waals surface area contributed by atoms with Crippen molar-refractivity contribution in [3.8, 4) is 0 Å². The normalized spacial score (nSPS) is 23.6. The number of aliphatic hydroxyl groups is 1. The standard InChI is InChI=1S/C14H20BrNO2S/c1-10-9-16(8-7-12(10)17)14(18)4-2-3-11-5-6-13(15)19-11/h5-6,10,12,17H,2-4,7-9H2,1H3. The molecule has 3 nitrogen and oxygen atoms in total. The SMILES string of the molecule is CC1CN(C(=O)CCCc2ccc(Br)s2)CCC1O. The monoisotopic (exact) mass is 345 g/mol. The van der Waals surface area contributed by atoms with E-state index in [9.17, 15) is 9.90 Å². The van der Waals surface area contributed by atoms with Crippen molar-refractivity contribution in [2.45, 2.75) is 38.7 Å². The minimum absolute atomic E-state index is 0.200. The Morgan fingerprint density at radius 2 is 2.37 bits per heavy atom. The quantitative estimate of drug-likeness (QED) is 0.910. The van der Waals surface area contributed by atoms with E-state index in [2.05, 4.69) is 28.1 Å². The van der Waals surface area contributed by atoms with Crippen LogP contribution in [-0.2, 0) is 11.2 Å².